The van der Waals surface area contributed by atoms with Gasteiger partial charge in [-0.15, -0.1) is 33.0 Å². The van der Waals surface area contributed by atoms with E-state index in [1.165, 1.54) is 0 Å². The summed E-state index contributed by atoms with van der Waals surface area (Å²) >= 11 is 0. The summed E-state index contributed by atoms with van der Waals surface area (Å²) < 4.78 is 0. The van der Waals surface area contributed by atoms with Gasteiger partial charge in [0.2, 0.25) is 0 Å². The molecule has 5 nitrogen and oxygen atoms in total. The fourth-order valence-electron chi connectivity index (χ4n) is 0. The molecule has 0 aliphatic carbocycles. The van der Waals surface area contributed by atoms with Gasteiger partial charge >= 0.3 is 18.6 Å². The van der Waals surface area contributed by atoms with Gasteiger partial charge in [0.25, 0.3) is 0 Å². The number of rotatable bonds is 5. The minimum atomic E-state index is 0. The van der Waals surface area contributed by atoms with Gasteiger partial charge in [0.15, 0.2) is 0 Å². The summed E-state index contributed by atoms with van der Waals surface area (Å²) in [5.74, 6) is 0. The third kappa shape index (κ3) is 238. The predicted octanol–water partition coefficient (Wildman–Crippen LogP) is -1.22. The Balaban J connectivity index is -0.0000000331. The molecule has 130 valence electrons. The van der Waals surface area contributed by atoms with Crippen LogP contribution in [0.5, 0.6) is 0 Å². The van der Waals surface area contributed by atoms with Crippen molar-refractivity contribution < 1.29 is 44.1 Å². The van der Waals surface area contributed by atoms with Crippen LogP contribution in [0.4, 0.5) is 0 Å². The first-order valence-corrected chi connectivity index (χ1v) is 7.48. The minimum absolute atomic E-state index is 0. The van der Waals surface area contributed by atoms with E-state index in [-0.39, 0.29) is 51.6 Å². The average molecular weight is 346 g/mol. The molecule has 0 radical (unpaired) electrons. The maximum atomic E-state index is 9.30. The van der Waals surface area contributed by atoms with Gasteiger partial charge in [-0.25, -0.2) is 0 Å². The van der Waals surface area contributed by atoms with Gasteiger partial charge in [0.1, 0.15) is 0 Å². The first-order chi connectivity index (χ1) is 9.57. The summed E-state index contributed by atoms with van der Waals surface area (Å²) in [6.07, 6.45) is 3.82. The molecule has 0 atom stereocenters. The van der Waals surface area contributed by atoms with Gasteiger partial charge in [-0.05, 0) is 0 Å². The van der Waals surface area contributed by atoms with Crippen LogP contribution in [0.3, 0.4) is 0 Å². The van der Waals surface area contributed by atoms with Crippen molar-refractivity contribution >= 4 is 0 Å². The van der Waals surface area contributed by atoms with E-state index < -0.39 is 0 Å². The Morgan fingerprint density at radius 1 is 0.381 bits per heavy atom. The zero-order chi connectivity index (χ0) is 17.1. The van der Waals surface area contributed by atoms with Crippen molar-refractivity contribution in [2.45, 2.75) is 66.7 Å². The van der Waals surface area contributed by atoms with Gasteiger partial charge in [0.05, 0.1) is 0 Å². The van der Waals surface area contributed by atoms with Crippen molar-refractivity contribution in [1.29, 1.82) is 0 Å². The first kappa shape index (κ1) is 37.5. The molecule has 0 fully saturated rings. The standard InChI is InChI=1S/5C3H7O.V/c5*1-2-3-4;/h5*2-3H2,1H3;/q5*-1;+5. The summed E-state index contributed by atoms with van der Waals surface area (Å²) in [5, 5.41) is 46.5. The Bertz CT molecular complexity index is 55.2. The van der Waals surface area contributed by atoms with E-state index in [1.54, 1.807) is 0 Å². The third-order valence-electron chi connectivity index (χ3n) is 1.02. The molecular formula is C15H35O5V. The maximum absolute atomic E-state index is 9.30. The number of hydrogen-bond acceptors (Lipinski definition) is 5. The summed E-state index contributed by atoms with van der Waals surface area (Å²) in [6, 6.07) is 0. The Kier molecular flexibility index (Phi) is 127. The van der Waals surface area contributed by atoms with Crippen LogP contribution in [0.1, 0.15) is 66.7 Å². The van der Waals surface area contributed by atoms with E-state index in [0.29, 0.717) is 0 Å². The minimum Gasteiger partial charge on any atom is -0.854 e. The molecule has 0 unspecified atom stereocenters. The van der Waals surface area contributed by atoms with E-state index in [2.05, 4.69) is 0 Å². The predicted molar refractivity (Wildman–Crippen MR) is 75.8 cm³/mol. The molecule has 0 spiro atoms. The number of hydrogen-bond donors (Lipinski definition) is 0. The van der Waals surface area contributed by atoms with Gasteiger partial charge < -0.3 is 25.5 Å². The van der Waals surface area contributed by atoms with Crippen LogP contribution in [0.25, 0.3) is 0 Å². The molecule has 0 heterocycles. The molecule has 0 saturated heterocycles. The first-order valence-electron chi connectivity index (χ1n) is 7.48. The SMILES string of the molecule is CCC[O-].CCC[O-].CCC[O-].CCC[O-].CCC[O-].[V+5]. The molecule has 0 rings (SSSR count). The quantitative estimate of drug-likeness (QED) is 0.619. The van der Waals surface area contributed by atoms with Crippen molar-refractivity contribution in [3.8, 4) is 0 Å². The van der Waals surface area contributed by atoms with Crippen LogP contribution in [0.2, 0.25) is 0 Å². The van der Waals surface area contributed by atoms with Crippen molar-refractivity contribution in [2.24, 2.45) is 0 Å². The second-order valence-corrected chi connectivity index (χ2v) is 3.52. The maximum Gasteiger partial charge on any atom is 5.00 e. The second kappa shape index (κ2) is 71.0. The summed E-state index contributed by atoms with van der Waals surface area (Å²) in [4.78, 5) is 0. The van der Waals surface area contributed by atoms with Crippen LogP contribution in [-0.4, -0.2) is 33.0 Å². The van der Waals surface area contributed by atoms with Crippen LogP contribution < -0.4 is 25.5 Å². The van der Waals surface area contributed by atoms with Crippen LogP contribution in [0.15, 0.2) is 0 Å². The molecule has 0 aromatic heterocycles. The third-order valence-corrected chi connectivity index (χ3v) is 1.02. The van der Waals surface area contributed by atoms with Crippen molar-refractivity contribution in [2.75, 3.05) is 33.0 Å². The molecule has 0 aliphatic heterocycles. The van der Waals surface area contributed by atoms with Gasteiger partial charge in [-0.1, -0.05) is 66.7 Å². The molecular weight excluding hydrogens is 311 g/mol. The van der Waals surface area contributed by atoms with Gasteiger partial charge in [-0.2, -0.15) is 0 Å². The van der Waals surface area contributed by atoms with Crippen LogP contribution in [-0.2, 0) is 18.6 Å². The van der Waals surface area contributed by atoms with E-state index in [0.717, 1.165) is 32.1 Å². The fraction of sp³-hybridized carbons (Fsp3) is 1.00. The van der Waals surface area contributed by atoms with Crippen molar-refractivity contribution in [3.63, 3.8) is 0 Å². The molecule has 0 aliphatic rings. The summed E-state index contributed by atoms with van der Waals surface area (Å²) in [6.45, 7) is 9.69. The molecule has 21 heavy (non-hydrogen) atoms. The molecule has 6 heteroatoms. The molecule has 0 saturated carbocycles. The van der Waals surface area contributed by atoms with E-state index >= 15 is 0 Å². The molecule has 0 bridgehead atoms. The molecule has 0 amide bonds. The van der Waals surface area contributed by atoms with Gasteiger partial charge in [0, 0.05) is 0 Å². The monoisotopic (exact) mass is 346 g/mol. The largest absolute Gasteiger partial charge is 5.00 e. The second-order valence-electron chi connectivity index (χ2n) is 3.52. The van der Waals surface area contributed by atoms with Crippen molar-refractivity contribution in [1.82, 2.24) is 0 Å². The molecule has 0 aromatic rings. The van der Waals surface area contributed by atoms with E-state index in [1.807, 2.05) is 34.6 Å². The Morgan fingerprint density at radius 3 is 0.429 bits per heavy atom. The van der Waals surface area contributed by atoms with Crippen LogP contribution in [0, 0.1) is 0 Å². The van der Waals surface area contributed by atoms with Gasteiger partial charge in [-0.3, -0.25) is 0 Å². The zero-order valence-electron chi connectivity index (χ0n) is 14.6. The zero-order valence-corrected chi connectivity index (χ0v) is 16.0. The van der Waals surface area contributed by atoms with Crippen LogP contribution >= 0.6 is 0 Å². The summed E-state index contributed by atoms with van der Waals surface area (Å²) in [7, 11) is 0. The normalized spacial score (nSPS) is 7.14. The Hall–Kier alpha value is 0.384. The topological polar surface area (TPSA) is 115 Å². The Morgan fingerprint density at radius 2 is 0.429 bits per heavy atom. The van der Waals surface area contributed by atoms with Crippen molar-refractivity contribution in [3.05, 3.63) is 0 Å². The fourth-order valence-corrected chi connectivity index (χ4v) is 0. The molecule has 0 N–H and O–H groups in total. The molecule has 0 aromatic carbocycles. The van der Waals surface area contributed by atoms with E-state index in [9.17, 15) is 25.5 Å². The smallest absolute Gasteiger partial charge is 0.854 e. The van der Waals surface area contributed by atoms with E-state index in [4.69, 9.17) is 0 Å². The summed E-state index contributed by atoms with van der Waals surface area (Å²) in [5.41, 5.74) is 0. The average Bonchev–Trinajstić information content (AvgIpc) is 2.55. The Labute approximate surface area is 144 Å².